The molecule has 2 aliphatic rings. The maximum atomic E-state index is 13.9. The van der Waals surface area contributed by atoms with E-state index in [1.54, 1.807) is 30.3 Å². The van der Waals surface area contributed by atoms with E-state index >= 15 is 0 Å². The minimum absolute atomic E-state index is 0.0202. The van der Waals surface area contributed by atoms with Crippen LogP contribution in [0.4, 0.5) is 4.39 Å². The summed E-state index contributed by atoms with van der Waals surface area (Å²) in [6.45, 7) is 1.23. The first-order chi connectivity index (χ1) is 15.9. The molecule has 1 aliphatic carbocycles. The molecule has 8 heteroatoms. The molecule has 0 bridgehead atoms. The molecule has 33 heavy (non-hydrogen) atoms. The van der Waals surface area contributed by atoms with Crippen LogP contribution in [0, 0.1) is 11.7 Å². The molecule has 0 atom stereocenters. The van der Waals surface area contributed by atoms with Gasteiger partial charge in [-0.05, 0) is 67.0 Å². The molecule has 0 radical (unpaired) electrons. The molecule has 1 aliphatic heterocycles. The maximum Gasteiger partial charge on any atom is 0.306 e. The zero-order valence-corrected chi connectivity index (χ0v) is 18.5. The predicted molar refractivity (Wildman–Crippen MR) is 121 cm³/mol. The molecule has 3 aromatic rings. The van der Waals surface area contributed by atoms with Crippen LogP contribution in [0.2, 0.25) is 5.02 Å². The number of hydrogen-bond acceptors (Lipinski definition) is 5. The Balaban J connectivity index is 1.67. The highest BCUT2D eigenvalue weighted by Crippen LogP contribution is 2.44. The second-order valence-electron chi connectivity index (χ2n) is 8.67. The van der Waals surface area contributed by atoms with E-state index in [0.717, 1.165) is 35.0 Å². The molecule has 2 heterocycles. The number of phenolic OH excluding ortho intramolecular Hbond substituents is 1. The van der Waals surface area contributed by atoms with Crippen LogP contribution < -0.4 is 4.74 Å². The quantitative estimate of drug-likeness (QED) is 0.508. The number of hydrogen-bond donors (Lipinski definition) is 2. The third kappa shape index (κ3) is 4.23. The number of aromatic hydroxyl groups is 1. The maximum absolute atomic E-state index is 13.9. The average Bonchev–Trinajstić information content (AvgIpc) is 2.77. The Morgan fingerprint density at radius 1 is 1.12 bits per heavy atom. The smallest absolute Gasteiger partial charge is 0.306 e. The van der Waals surface area contributed by atoms with E-state index < -0.39 is 17.7 Å². The molecule has 0 amide bonds. The average molecular weight is 472 g/mol. The van der Waals surface area contributed by atoms with Crippen molar-refractivity contribution in [2.75, 3.05) is 13.2 Å². The van der Waals surface area contributed by atoms with Gasteiger partial charge in [0.15, 0.2) is 0 Å². The van der Waals surface area contributed by atoms with E-state index in [2.05, 4.69) is 0 Å². The minimum atomic E-state index is -0.822. The molecule has 6 nitrogen and oxygen atoms in total. The normalized spacial score (nSPS) is 21.0. The largest absolute Gasteiger partial charge is 0.508 e. The highest BCUT2D eigenvalue weighted by molar-refractivity contribution is 6.31. The molecule has 1 saturated heterocycles. The highest BCUT2D eigenvalue weighted by atomic mass is 35.5. The SMILES string of the molecule is O=C(O)[C@H]1C[C@H](Oc2nc(C3CCOCC3)c(-c3ccc(F)c(Cl)c3)c3ccc(O)cc23)C1. The first-order valence-corrected chi connectivity index (χ1v) is 11.4. The standard InChI is InChI=1S/C25H23ClFNO5/c26-20-11-14(1-4-21(20)27)22-18-3-2-16(29)12-19(18)24(33-17-9-15(10-17)25(30)31)28-23(22)13-5-7-32-8-6-13/h1-4,11-13,15,17,29H,5-10H2,(H,30,31)/t15-,17-. The zero-order chi connectivity index (χ0) is 23.1. The molecule has 5 rings (SSSR count). The lowest BCUT2D eigenvalue weighted by atomic mass is 9.82. The Labute approximate surface area is 194 Å². The van der Waals surface area contributed by atoms with Crippen LogP contribution in [-0.2, 0) is 9.53 Å². The fraction of sp³-hybridized carbons (Fsp3) is 0.360. The number of phenols is 1. The van der Waals surface area contributed by atoms with Gasteiger partial charge >= 0.3 is 5.97 Å². The topological polar surface area (TPSA) is 88.9 Å². The van der Waals surface area contributed by atoms with Gasteiger partial charge in [0.25, 0.3) is 0 Å². The van der Waals surface area contributed by atoms with Crippen molar-refractivity contribution in [3.8, 4) is 22.8 Å². The van der Waals surface area contributed by atoms with Crippen molar-refractivity contribution in [1.82, 2.24) is 4.98 Å². The molecule has 172 valence electrons. The molecular weight excluding hydrogens is 449 g/mol. The molecule has 1 aromatic heterocycles. The summed E-state index contributed by atoms with van der Waals surface area (Å²) >= 11 is 6.12. The van der Waals surface area contributed by atoms with E-state index in [9.17, 15) is 19.4 Å². The Kier molecular flexibility index (Phi) is 5.85. The van der Waals surface area contributed by atoms with Gasteiger partial charge in [-0.1, -0.05) is 17.7 Å². The number of carbonyl (C=O) groups is 1. The van der Waals surface area contributed by atoms with Crippen LogP contribution in [0.3, 0.4) is 0 Å². The Bertz CT molecular complexity index is 1220. The van der Waals surface area contributed by atoms with Crippen LogP contribution in [0.15, 0.2) is 36.4 Å². The lowest BCUT2D eigenvalue weighted by Crippen LogP contribution is -2.38. The van der Waals surface area contributed by atoms with Gasteiger partial charge in [-0.25, -0.2) is 9.37 Å². The summed E-state index contributed by atoms with van der Waals surface area (Å²) < 4.78 is 25.6. The summed E-state index contributed by atoms with van der Waals surface area (Å²) in [4.78, 5) is 16.1. The van der Waals surface area contributed by atoms with Crippen LogP contribution in [-0.4, -0.2) is 40.5 Å². The van der Waals surface area contributed by atoms with E-state index in [1.807, 2.05) is 0 Å². The number of aliphatic carboxylic acids is 1. The van der Waals surface area contributed by atoms with Crippen LogP contribution >= 0.6 is 11.6 Å². The van der Waals surface area contributed by atoms with Gasteiger partial charge in [-0.2, -0.15) is 0 Å². The summed E-state index contributed by atoms with van der Waals surface area (Å²) in [7, 11) is 0. The van der Waals surface area contributed by atoms with Gasteiger partial charge in [-0.15, -0.1) is 0 Å². The third-order valence-electron chi connectivity index (χ3n) is 6.52. The number of carboxylic acids is 1. The van der Waals surface area contributed by atoms with Gasteiger partial charge < -0.3 is 19.7 Å². The van der Waals surface area contributed by atoms with Gasteiger partial charge in [0, 0.05) is 30.1 Å². The van der Waals surface area contributed by atoms with Crippen LogP contribution in [0.5, 0.6) is 11.6 Å². The van der Waals surface area contributed by atoms with Crippen molar-refractivity contribution in [2.45, 2.75) is 37.7 Å². The van der Waals surface area contributed by atoms with E-state index in [4.69, 9.17) is 26.1 Å². The molecule has 1 saturated carbocycles. The summed E-state index contributed by atoms with van der Waals surface area (Å²) in [5, 5.41) is 20.8. The Morgan fingerprint density at radius 3 is 2.58 bits per heavy atom. The molecule has 2 aromatic carbocycles. The number of ether oxygens (including phenoxy) is 2. The van der Waals surface area contributed by atoms with E-state index in [-0.39, 0.29) is 22.8 Å². The molecule has 2 N–H and O–H groups in total. The summed E-state index contributed by atoms with van der Waals surface area (Å²) in [6.07, 6.45) is 2.14. The second kappa shape index (κ2) is 8.80. The minimum Gasteiger partial charge on any atom is -0.508 e. The number of halogens is 2. The second-order valence-corrected chi connectivity index (χ2v) is 9.08. The van der Waals surface area contributed by atoms with Gasteiger partial charge in [0.1, 0.15) is 17.7 Å². The first-order valence-electron chi connectivity index (χ1n) is 11.0. The summed E-state index contributed by atoms with van der Waals surface area (Å²) in [5.74, 6) is -1.20. The lowest BCUT2D eigenvalue weighted by molar-refractivity contribution is -0.148. The van der Waals surface area contributed by atoms with E-state index in [0.29, 0.717) is 37.3 Å². The van der Waals surface area contributed by atoms with Gasteiger partial charge in [0.2, 0.25) is 5.88 Å². The number of carboxylic acid groups (broad SMARTS) is 1. The number of nitrogens with zero attached hydrogens (tertiary/aromatic N) is 1. The van der Waals surface area contributed by atoms with Crippen molar-refractivity contribution in [3.05, 3.63) is 52.9 Å². The van der Waals surface area contributed by atoms with Gasteiger partial charge in [0.05, 0.1) is 16.6 Å². The van der Waals surface area contributed by atoms with Crippen LogP contribution in [0.1, 0.15) is 37.3 Å². The van der Waals surface area contributed by atoms with Crippen molar-refractivity contribution < 1.29 is 28.9 Å². The highest BCUT2D eigenvalue weighted by Gasteiger charge is 2.37. The summed E-state index contributed by atoms with van der Waals surface area (Å²) in [6, 6.07) is 9.59. The fourth-order valence-electron chi connectivity index (χ4n) is 4.62. The molecule has 0 unspecified atom stereocenters. The van der Waals surface area contributed by atoms with Gasteiger partial charge in [-0.3, -0.25) is 4.79 Å². The monoisotopic (exact) mass is 471 g/mol. The van der Waals surface area contributed by atoms with Crippen LogP contribution in [0.25, 0.3) is 21.9 Å². The fourth-order valence-corrected chi connectivity index (χ4v) is 4.80. The number of fused-ring (bicyclic) bond motifs is 1. The first kappa shape index (κ1) is 21.9. The lowest BCUT2D eigenvalue weighted by Gasteiger charge is -2.33. The van der Waals surface area contributed by atoms with E-state index in [1.165, 1.54) is 6.07 Å². The molecular formula is C25H23ClFNO5. The summed E-state index contributed by atoms with van der Waals surface area (Å²) in [5.41, 5.74) is 2.36. The van der Waals surface area contributed by atoms with Crippen molar-refractivity contribution in [1.29, 1.82) is 0 Å². The predicted octanol–water partition coefficient (Wildman–Crippen LogP) is 5.54. The Morgan fingerprint density at radius 2 is 1.88 bits per heavy atom. The number of pyridine rings is 1. The number of rotatable bonds is 5. The molecule has 2 fully saturated rings. The van der Waals surface area contributed by atoms with Crippen molar-refractivity contribution >= 4 is 28.3 Å². The third-order valence-corrected chi connectivity index (χ3v) is 6.81. The molecule has 0 spiro atoms. The Hall–Kier alpha value is -2.90. The zero-order valence-electron chi connectivity index (χ0n) is 17.8. The number of benzene rings is 2. The van der Waals surface area contributed by atoms with Crippen molar-refractivity contribution in [2.24, 2.45) is 5.92 Å². The number of aromatic nitrogens is 1. The van der Waals surface area contributed by atoms with Crippen molar-refractivity contribution in [3.63, 3.8) is 0 Å².